The molecule has 1 aliphatic rings. The zero-order valence-corrected chi connectivity index (χ0v) is 9.98. The number of hydrogen-bond donors (Lipinski definition) is 3. The first-order valence-electron chi connectivity index (χ1n) is 5.81. The summed E-state index contributed by atoms with van der Waals surface area (Å²) in [7, 11) is 0. The minimum absolute atomic E-state index is 0.111. The molecule has 6 heteroatoms. The van der Waals surface area contributed by atoms with Gasteiger partial charge < -0.3 is 21.3 Å². The van der Waals surface area contributed by atoms with Crippen LogP contribution in [0.5, 0.6) is 0 Å². The Morgan fingerprint density at radius 2 is 2.22 bits per heavy atom. The summed E-state index contributed by atoms with van der Waals surface area (Å²) in [5.41, 5.74) is 6.91. The molecule has 1 aromatic rings. The lowest BCUT2D eigenvalue weighted by molar-refractivity contribution is -0.119. The van der Waals surface area contributed by atoms with E-state index in [2.05, 4.69) is 10.6 Å². The molecular formula is C12H16N4O2. The van der Waals surface area contributed by atoms with Gasteiger partial charge in [0.1, 0.15) is 0 Å². The largest absolute Gasteiger partial charge is 0.353 e. The van der Waals surface area contributed by atoms with E-state index in [1.54, 1.807) is 4.90 Å². The molecule has 6 nitrogen and oxygen atoms in total. The van der Waals surface area contributed by atoms with Gasteiger partial charge >= 0.3 is 0 Å². The Hall–Kier alpha value is -2.08. The van der Waals surface area contributed by atoms with Crippen molar-refractivity contribution in [1.29, 1.82) is 0 Å². The van der Waals surface area contributed by atoms with Crippen molar-refractivity contribution in [2.75, 3.05) is 36.4 Å². The third kappa shape index (κ3) is 2.78. The highest BCUT2D eigenvalue weighted by Gasteiger charge is 2.22. The fourth-order valence-corrected chi connectivity index (χ4v) is 1.89. The zero-order chi connectivity index (χ0) is 13.0. The topological polar surface area (TPSA) is 87.5 Å². The van der Waals surface area contributed by atoms with Gasteiger partial charge in [0.05, 0.1) is 24.5 Å². The van der Waals surface area contributed by atoms with Crippen molar-refractivity contribution in [1.82, 2.24) is 5.32 Å². The summed E-state index contributed by atoms with van der Waals surface area (Å²) in [5, 5.41) is 5.46. The van der Waals surface area contributed by atoms with Gasteiger partial charge in [-0.15, -0.1) is 0 Å². The van der Waals surface area contributed by atoms with Gasteiger partial charge in [-0.25, -0.2) is 0 Å². The number of benzene rings is 1. The Bertz CT molecular complexity index is 461. The molecule has 0 aliphatic carbocycles. The maximum atomic E-state index is 11.6. The molecular weight excluding hydrogens is 232 g/mol. The number of anilines is 2. The van der Waals surface area contributed by atoms with Crippen molar-refractivity contribution in [3.63, 3.8) is 0 Å². The van der Waals surface area contributed by atoms with Crippen LogP contribution >= 0.6 is 0 Å². The second-order valence-electron chi connectivity index (χ2n) is 4.06. The van der Waals surface area contributed by atoms with E-state index in [1.807, 2.05) is 24.3 Å². The lowest BCUT2D eigenvalue weighted by atomic mass is 10.2. The average molecular weight is 248 g/mol. The number of nitrogens with two attached hydrogens (primary N) is 1. The Balaban J connectivity index is 2.09. The molecule has 2 amide bonds. The lowest BCUT2D eigenvalue weighted by Gasteiger charge is -2.30. The first-order chi connectivity index (χ1) is 8.70. The molecule has 18 heavy (non-hydrogen) atoms. The van der Waals surface area contributed by atoms with Crippen LogP contribution in [0.3, 0.4) is 0 Å². The highest BCUT2D eigenvalue weighted by Crippen LogP contribution is 2.28. The van der Waals surface area contributed by atoms with Crippen molar-refractivity contribution < 1.29 is 9.59 Å². The summed E-state index contributed by atoms with van der Waals surface area (Å²) in [6, 6.07) is 7.42. The molecule has 96 valence electrons. The zero-order valence-electron chi connectivity index (χ0n) is 9.98. The molecule has 0 fully saturated rings. The van der Waals surface area contributed by atoms with Crippen molar-refractivity contribution in [2.24, 2.45) is 5.73 Å². The number of rotatable bonds is 4. The van der Waals surface area contributed by atoms with E-state index in [0.29, 0.717) is 13.1 Å². The molecule has 4 N–H and O–H groups in total. The number of nitrogens with zero attached hydrogens (tertiary/aromatic N) is 1. The SMILES string of the molecule is NCCNC(=O)CN1CC(=O)Nc2ccccc21. The highest BCUT2D eigenvalue weighted by molar-refractivity contribution is 6.02. The Labute approximate surface area is 105 Å². The summed E-state index contributed by atoms with van der Waals surface area (Å²) in [6.45, 7) is 1.20. The number of fused-ring (bicyclic) bond motifs is 1. The summed E-state index contributed by atoms with van der Waals surface area (Å²) in [5.74, 6) is -0.245. The van der Waals surface area contributed by atoms with Crippen LogP contribution in [-0.4, -0.2) is 38.0 Å². The molecule has 0 radical (unpaired) electrons. The van der Waals surface area contributed by atoms with Gasteiger partial charge in [0, 0.05) is 13.1 Å². The standard InChI is InChI=1S/C12H16N4O2/c13-5-6-14-11(17)7-16-8-12(18)15-9-3-1-2-4-10(9)16/h1-4H,5-8,13H2,(H,14,17)(H,15,18). The second-order valence-corrected chi connectivity index (χ2v) is 4.06. The summed E-state index contributed by atoms with van der Waals surface area (Å²) < 4.78 is 0. The van der Waals surface area contributed by atoms with Gasteiger partial charge in [-0.2, -0.15) is 0 Å². The monoisotopic (exact) mass is 248 g/mol. The van der Waals surface area contributed by atoms with Crippen molar-refractivity contribution >= 4 is 23.2 Å². The van der Waals surface area contributed by atoms with Gasteiger partial charge in [-0.3, -0.25) is 9.59 Å². The predicted octanol–water partition coefficient (Wildman–Crippen LogP) is -0.480. The molecule has 0 saturated heterocycles. The third-order valence-corrected chi connectivity index (χ3v) is 2.65. The lowest BCUT2D eigenvalue weighted by Crippen LogP contribution is -2.44. The van der Waals surface area contributed by atoms with Gasteiger partial charge in [0.15, 0.2) is 0 Å². The van der Waals surface area contributed by atoms with Crippen LogP contribution in [0.4, 0.5) is 11.4 Å². The second kappa shape index (κ2) is 5.50. The number of para-hydroxylation sites is 2. The first kappa shape index (κ1) is 12.4. The minimum atomic E-state index is -0.134. The molecule has 1 aliphatic heterocycles. The van der Waals surface area contributed by atoms with Crippen LogP contribution in [0.15, 0.2) is 24.3 Å². The molecule has 1 heterocycles. The van der Waals surface area contributed by atoms with E-state index in [1.165, 1.54) is 0 Å². The summed E-state index contributed by atoms with van der Waals surface area (Å²) in [4.78, 5) is 24.9. The van der Waals surface area contributed by atoms with E-state index in [4.69, 9.17) is 5.73 Å². The van der Waals surface area contributed by atoms with Crippen LogP contribution in [0.1, 0.15) is 0 Å². The van der Waals surface area contributed by atoms with Crippen LogP contribution in [-0.2, 0) is 9.59 Å². The van der Waals surface area contributed by atoms with E-state index >= 15 is 0 Å². The molecule has 0 aromatic heterocycles. The molecule has 0 unspecified atom stereocenters. The molecule has 0 atom stereocenters. The van der Waals surface area contributed by atoms with E-state index < -0.39 is 0 Å². The molecule has 2 rings (SSSR count). The number of hydrogen-bond acceptors (Lipinski definition) is 4. The van der Waals surface area contributed by atoms with Gasteiger partial charge in [-0.1, -0.05) is 12.1 Å². The smallest absolute Gasteiger partial charge is 0.243 e. The normalized spacial score (nSPS) is 13.8. The quantitative estimate of drug-likeness (QED) is 0.671. The molecule has 1 aromatic carbocycles. The van der Waals surface area contributed by atoms with Gasteiger partial charge in [-0.05, 0) is 12.1 Å². The van der Waals surface area contributed by atoms with E-state index in [9.17, 15) is 9.59 Å². The maximum absolute atomic E-state index is 11.6. The summed E-state index contributed by atoms with van der Waals surface area (Å²) in [6.07, 6.45) is 0. The maximum Gasteiger partial charge on any atom is 0.243 e. The van der Waals surface area contributed by atoms with Crippen molar-refractivity contribution in [2.45, 2.75) is 0 Å². The van der Waals surface area contributed by atoms with Crippen LogP contribution in [0, 0.1) is 0 Å². The Kier molecular flexibility index (Phi) is 3.78. The number of carbonyl (C=O) groups is 2. The van der Waals surface area contributed by atoms with Crippen molar-refractivity contribution in [3.05, 3.63) is 24.3 Å². The fraction of sp³-hybridized carbons (Fsp3) is 0.333. The van der Waals surface area contributed by atoms with Gasteiger partial charge in [0.25, 0.3) is 0 Å². The molecule has 0 bridgehead atoms. The Morgan fingerprint density at radius 1 is 1.44 bits per heavy atom. The average Bonchev–Trinajstić information content (AvgIpc) is 2.36. The third-order valence-electron chi connectivity index (χ3n) is 2.65. The Morgan fingerprint density at radius 3 is 3.00 bits per heavy atom. The number of amides is 2. The predicted molar refractivity (Wildman–Crippen MR) is 69.3 cm³/mol. The van der Waals surface area contributed by atoms with Crippen LogP contribution in [0.25, 0.3) is 0 Å². The van der Waals surface area contributed by atoms with Crippen LogP contribution < -0.4 is 21.3 Å². The molecule has 0 spiro atoms. The summed E-state index contributed by atoms with van der Waals surface area (Å²) >= 11 is 0. The highest BCUT2D eigenvalue weighted by atomic mass is 16.2. The number of carbonyl (C=O) groups excluding carboxylic acids is 2. The molecule has 0 saturated carbocycles. The van der Waals surface area contributed by atoms with Crippen molar-refractivity contribution in [3.8, 4) is 0 Å². The van der Waals surface area contributed by atoms with E-state index in [0.717, 1.165) is 11.4 Å². The van der Waals surface area contributed by atoms with E-state index in [-0.39, 0.29) is 24.9 Å². The first-order valence-corrected chi connectivity index (χ1v) is 5.81. The number of nitrogens with one attached hydrogen (secondary N) is 2. The fourth-order valence-electron chi connectivity index (χ4n) is 1.89. The van der Waals surface area contributed by atoms with Gasteiger partial charge in [0.2, 0.25) is 11.8 Å². The minimum Gasteiger partial charge on any atom is -0.353 e. The van der Waals surface area contributed by atoms with Crippen LogP contribution in [0.2, 0.25) is 0 Å².